The SMILES string of the molecule is CC(N)c1ccc(N2CCCCCC2)cn1. The van der Waals surface area contributed by atoms with Crippen molar-refractivity contribution in [2.75, 3.05) is 18.0 Å². The van der Waals surface area contributed by atoms with Crippen LogP contribution < -0.4 is 10.6 Å². The van der Waals surface area contributed by atoms with E-state index >= 15 is 0 Å². The van der Waals surface area contributed by atoms with E-state index in [0.717, 1.165) is 5.69 Å². The van der Waals surface area contributed by atoms with Crippen molar-refractivity contribution in [2.24, 2.45) is 5.73 Å². The molecule has 0 aliphatic carbocycles. The van der Waals surface area contributed by atoms with Gasteiger partial charge in [-0.1, -0.05) is 12.8 Å². The van der Waals surface area contributed by atoms with Crippen molar-refractivity contribution < 1.29 is 0 Å². The molecule has 1 aromatic rings. The van der Waals surface area contributed by atoms with Crippen molar-refractivity contribution in [3.63, 3.8) is 0 Å². The Hall–Kier alpha value is -1.09. The molecule has 0 bridgehead atoms. The standard InChI is InChI=1S/C13H21N3/c1-11(14)13-7-6-12(10-15-13)16-8-4-2-3-5-9-16/h6-7,10-11H,2-5,8-9,14H2,1H3. The molecule has 88 valence electrons. The molecule has 1 aliphatic heterocycles. The van der Waals surface area contributed by atoms with Gasteiger partial charge < -0.3 is 10.6 Å². The van der Waals surface area contributed by atoms with E-state index in [-0.39, 0.29) is 6.04 Å². The normalized spacial score (nSPS) is 19.2. The highest BCUT2D eigenvalue weighted by Crippen LogP contribution is 2.19. The van der Waals surface area contributed by atoms with Gasteiger partial charge in [-0.25, -0.2) is 0 Å². The van der Waals surface area contributed by atoms with Gasteiger partial charge in [-0.2, -0.15) is 0 Å². The Kier molecular flexibility index (Phi) is 3.78. The summed E-state index contributed by atoms with van der Waals surface area (Å²) >= 11 is 0. The molecular formula is C13H21N3. The third-order valence-electron chi connectivity index (χ3n) is 3.21. The van der Waals surface area contributed by atoms with E-state index in [1.54, 1.807) is 0 Å². The molecule has 1 unspecified atom stereocenters. The first-order valence-electron chi connectivity index (χ1n) is 6.24. The minimum Gasteiger partial charge on any atom is -0.370 e. The average molecular weight is 219 g/mol. The Labute approximate surface area is 97.7 Å². The first-order valence-corrected chi connectivity index (χ1v) is 6.24. The molecule has 0 amide bonds. The summed E-state index contributed by atoms with van der Waals surface area (Å²) in [6.07, 6.45) is 7.29. The lowest BCUT2D eigenvalue weighted by Crippen LogP contribution is -2.24. The predicted molar refractivity (Wildman–Crippen MR) is 67.5 cm³/mol. The number of nitrogens with two attached hydrogens (primary N) is 1. The molecule has 2 N–H and O–H groups in total. The summed E-state index contributed by atoms with van der Waals surface area (Å²) in [6.45, 7) is 4.30. The summed E-state index contributed by atoms with van der Waals surface area (Å²) in [5.74, 6) is 0. The lowest BCUT2D eigenvalue weighted by Gasteiger charge is -2.22. The van der Waals surface area contributed by atoms with Gasteiger partial charge in [0, 0.05) is 19.1 Å². The molecule has 1 aromatic heterocycles. The summed E-state index contributed by atoms with van der Waals surface area (Å²) in [6, 6.07) is 4.22. The van der Waals surface area contributed by atoms with E-state index in [9.17, 15) is 0 Å². The van der Waals surface area contributed by atoms with Crippen molar-refractivity contribution in [1.29, 1.82) is 0 Å². The molecule has 3 nitrogen and oxygen atoms in total. The maximum atomic E-state index is 5.79. The Morgan fingerprint density at radius 1 is 1.19 bits per heavy atom. The molecule has 0 aromatic carbocycles. The van der Waals surface area contributed by atoms with Gasteiger partial charge in [0.2, 0.25) is 0 Å². The number of rotatable bonds is 2. The molecule has 2 rings (SSSR count). The van der Waals surface area contributed by atoms with Gasteiger partial charge in [0.1, 0.15) is 0 Å². The smallest absolute Gasteiger partial charge is 0.0569 e. The average Bonchev–Trinajstić information content (AvgIpc) is 2.57. The Balaban J connectivity index is 2.07. The van der Waals surface area contributed by atoms with Crippen molar-refractivity contribution in [3.05, 3.63) is 24.0 Å². The fourth-order valence-electron chi connectivity index (χ4n) is 2.18. The van der Waals surface area contributed by atoms with Gasteiger partial charge in [0.25, 0.3) is 0 Å². The number of pyridine rings is 1. The van der Waals surface area contributed by atoms with Gasteiger partial charge in [-0.3, -0.25) is 4.98 Å². The number of aromatic nitrogens is 1. The van der Waals surface area contributed by atoms with Crippen LogP contribution in [0, 0.1) is 0 Å². The van der Waals surface area contributed by atoms with Crippen LogP contribution in [-0.2, 0) is 0 Å². The molecule has 16 heavy (non-hydrogen) atoms. The zero-order chi connectivity index (χ0) is 11.4. The topological polar surface area (TPSA) is 42.1 Å². The fourth-order valence-corrected chi connectivity index (χ4v) is 2.18. The molecule has 0 spiro atoms. The Morgan fingerprint density at radius 3 is 2.38 bits per heavy atom. The van der Waals surface area contributed by atoms with Crippen LogP contribution in [0.5, 0.6) is 0 Å². The van der Waals surface area contributed by atoms with Crippen LogP contribution in [0.25, 0.3) is 0 Å². The third-order valence-corrected chi connectivity index (χ3v) is 3.21. The Bertz CT molecular complexity index is 310. The van der Waals surface area contributed by atoms with Crippen molar-refractivity contribution in [2.45, 2.75) is 38.6 Å². The van der Waals surface area contributed by atoms with Crippen LogP contribution in [-0.4, -0.2) is 18.1 Å². The van der Waals surface area contributed by atoms with Crippen LogP contribution >= 0.6 is 0 Å². The summed E-state index contributed by atoms with van der Waals surface area (Å²) < 4.78 is 0. The highest BCUT2D eigenvalue weighted by atomic mass is 15.1. The van der Waals surface area contributed by atoms with Crippen molar-refractivity contribution >= 4 is 5.69 Å². The largest absolute Gasteiger partial charge is 0.370 e. The summed E-state index contributed by atoms with van der Waals surface area (Å²) in [7, 11) is 0. The molecule has 1 fully saturated rings. The molecule has 0 saturated carbocycles. The number of hydrogen-bond donors (Lipinski definition) is 1. The van der Waals surface area contributed by atoms with E-state index in [1.165, 1.54) is 44.5 Å². The van der Waals surface area contributed by atoms with Gasteiger partial charge in [-0.05, 0) is 31.9 Å². The second-order valence-corrected chi connectivity index (χ2v) is 4.63. The predicted octanol–water partition coefficient (Wildman–Crippen LogP) is 2.48. The van der Waals surface area contributed by atoms with E-state index in [2.05, 4.69) is 16.0 Å². The molecular weight excluding hydrogens is 198 g/mol. The van der Waals surface area contributed by atoms with Crippen LogP contribution in [0.1, 0.15) is 44.3 Å². The Morgan fingerprint density at radius 2 is 1.88 bits per heavy atom. The molecule has 2 heterocycles. The number of hydrogen-bond acceptors (Lipinski definition) is 3. The molecule has 1 saturated heterocycles. The molecule has 0 radical (unpaired) electrons. The van der Waals surface area contributed by atoms with E-state index in [4.69, 9.17) is 5.73 Å². The summed E-state index contributed by atoms with van der Waals surface area (Å²) in [5.41, 5.74) is 8.00. The van der Waals surface area contributed by atoms with Crippen molar-refractivity contribution in [1.82, 2.24) is 4.98 Å². The molecule has 3 heteroatoms. The highest BCUT2D eigenvalue weighted by Gasteiger charge is 2.10. The zero-order valence-corrected chi connectivity index (χ0v) is 10.0. The van der Waals surface area contributed by atoms with Crippen LogP contribution in [0.3, 0.4) is 0 Å². The van der Waals surface area contributed by atoms with Crippen LogP contribution in [0.4, 0.5) is 5.69 Å². The molecule has 1 atom stereocenters. The lowest BCUT2D eigenvalue weighted by atomic mass is 10.2. The maximum Gasteiger partial charge on any atom is 0.0569 e. The van der Waals surface area contributed by atoms with E-state index < -0.39 is 0 Å². The highest BCUT2D eigenvalue weighted by molar-refractivity contribution is 5.44. The van der Waals surface area contributed by atoms with Gasteiger partial charge in [0.05, 0.1) is 17.6 Å². The minimum absolute atomic E-state index is 0.0261. The third kappa shape index (κ3) is 2.73. The zero-order valence-electron chi connectivity index (χ0n) is 10.0. The number of nitrogens with zero attached hydrogens (tertiary/aromatic N) is 2. The van der Waals surface area contributed by atoms with E-state index in [0.29, 0.717) is 0 Å². The lowest BCUT2D eigenvalue weighted by molar-refractivity contribution is 0.726. The second kappa shape index (κ2) is 5.30. The molecule has 1 aliphatic rings. The fraction of sp³-hybridized carbons (Fsp3) is 0.615. The first-order chi connectivity index (χ1) is 7.77. The summed E-state index contributed by atoms with van der Waals surface area (Å²) in [4.78, 5) is 6.85. The van der Waals surface area contributed by atoms with Crippen LogP contribution in [0.2, 0.25) is 0 Å². The monoisotopic (exact) mass is 219 g/mol. The minimum atomic E-state index is 0.0261. The summed E-state index contributed by atoms with van der Waals surface area (Å²) in [5, 5.41) is 0. The first kappa shape index (κ1) is 11.4. The maximum absolute atomic E-state index is 5.79. The van der Waals surface area contributed by atoms with Gasteiger partial charge >= 0.3 is 0 Å². The number of anilines is 1. The van der Waals surface area contributed by atoms with Crippen LogP contribution in [0.15, 0.2) is 18.3 Å². The quantitative estimate of drug-likeness (QED) is 0.831. The second-order valence-electron chi connectivity index (χ2n) is 4.63. The van der Waals surface area contributed by atoms with E-state index in [1.807, 2.05) is 19.2 Å². The van der Waals surface area contributed by atoms with Crippen molar-refractivity contribution in [3.8, 4) is 0 Å². The van der Waals surface area contributed by atoms with Gasteiger partial charge in [-0.15, -0.1) is 0 Å². The van der Waals surface area contributed by atoms with Gasteiger partial charge in [0.15, 0.2) is 0 Å².